The molecule has 0 radical (unpaired) electrons. The van der Waals surface area contributed by atoms with Crippen molar-refractivity contribution in [1.29, 1.82) is 0 Å². The van der Waals surface area contributed by atoms with E-state index in [1.54, 1.807) is 0 Å². The van der Waals surface area contributed by atoms with E-state index in [1.165, 1.54) is 5.56 Å². The summed E-state index contributed by atoms with van der Waals surface area (Å²) in [4.78, 5) is 16.4. The molecule has 1 aromatic carbocycles. The number of amides is 1. The summed E-state index contributed by atoms with van der Waals surface area (Å²) in [5.41, 5.74) is 1.10. The molecule has 0 bridgehead atoms. The van der Waals surface area contributed by atoms with Crippen LogP contribution in [-0.4, -0.2) is 55.0 Å². The van der Waals surface area contributed by atoms with E-state index in [2.05, 4.69) is 31.3 Å². The summed E-state index contributed by atoms with van der Waals surface area (Å²) < 4.78 is 0. The van der Waals surface area contributed by atoms with Crippen molar-refractivity contribution in [2.24, 2.45) is 0 Å². The molecule has 4 heteroatoms. The molecule has 1 aliphatic heterocycles. The Balaban J connectivity index is 2.14. The topological polar surface area (TPSA) is 35.6 Å². The second-order valence-electron chi connectivity index (χ2n) is 6.40. The molecule has 1 atom stereocenters. The molecule has 0 aliphatic carbocycles. The number of nitrogens with zero attached hydrogens (tertiary/aromatic N) is 2. The van der Waals surface area contributed by atoms with Gasteiger partial charge in [-0.2, -0.15) is 0 Å². The fourth-order valence-corrected chi connectivity index (χ4v) is 2.67. The minimum absolute atomic E-state index is 0.141. The van der Waals surface area contributed by atoms with Crippen LogP contribution in [0.25, 0.3) is 0 Å². The number of piperazine rings is 1. The highest BCUT2D eigenvalue weighted by Gasteiger charge is 2.37. The van der Waals surface area contributed by atoms with Gasteiger partial charge in [-0.05, 0) is 33.5 Å². The van der Waals surface area contributed by atoms with Crippen LogP contribution in [0, 0.1) is 0 Å². The lowest BCUT2D eigenvalue weighted by Gasteiger charge is -2.46. The van der Waals surface area contributed by atoms with E-state index in [0.29, 0.717) is 6.54 Å². The second kappa shape index (κ2) is 5.94. The summed E-state index contributed by atoms with van der Waals surface area (Å²) in [5.74, 6) is 0.197. The average Bonchev–Trinajstić information content (AvgIpc) is 2.38. The Morgan fingerprint density at radius 1 is 1.35 bits per heavy atom. The molecule has 1 saturated heterocycles. The van der Waals surface area contributed by atoms with Crippen LogP contribution in [-0.2, 0) is 4.79 Å². The molecular weight excluding hydrogens is 250 g/mol. The first kappa shape index (κ1) is 15.0. The predicted octanol–water partition coefficient (Wildman–Crippen LogP) is 1.50. The van der Waals surface area contributed by atoms with Crippen molar-refractivity contribution in [2.45, 2.75) is 25.4 Å². The van der Waals surface area contributed by atoms with Crippen molar-refractivity contribution in [3.8, 4) is 0 Å². The summed E-state index contributed by atoms with van der Waals surface area (Å²) in [5, 5.41) is 3.56. The summed E-state index contributed by atoms with van der Waals surface area (Å²) in [6.07, 6.45) is 0. The molecule has 1 aromatic rings. The first-order chi connectivity index (χ1) is 9.40. The van der Waals surface area contributed by atoms with Gasteiger partial charge >= 0.3 is 0 Å². The van der Waals surface area contributed by atoms with Crippen molar-refractivity contribution in [1.82, 2.24) is 15.1 Å². The molecule has 110 valence electrons. The molecule has 0 spiro atoms. The van der Waals surface area contributed by atoms with Gasteiger partial charge in [0.15, 0.2) is 0 Å². The molecule has 1 aliphatic rings. The molecule has 1 amide bonds. The lowest BCUT2D eigenvalue weighted by molar-refractivity contribution is -0.139. The number of benzene rings is 1. The van der Waals surface area contributed by atoms with Crippen LogP contribution in [0.4, 0.5) is 0 Å². The number of hydrogen-bond acceptors (Lipinski definition) is 3. The number of hydrogen-bond donors (Lipinski definition) is 1. The van der Waals surface area contributed by atoms with Crippen LogP contribution in [0.5, 0.6) is 0 Å². The van der Waals surface area contributed by atoms with Crippen LogP contribution in [0.15, 0.2) is 30.3 Å². The number of carbonyl (C=O) groups is 1. The maximum atomic E-state index is 12.5. The van der Waals surface area contributed by atoms with Gasteiger partial charge in [0.1, 0.15) is 0 Å². The van der Waals surface area contributed by atoms with Gasteiger partial charge in [-0.1, -0.05) is 30.3 Å². The van der Waals surface area contributed by atoms with Crippen molar-refractivity contribution in [3.05, 3.63) is 35.9 Å². The molecule has 1 N–H and O–H groups in total. The van der Waals surface area contributed by atoms with Gasteiger partial charge in [0.05, 0.1) is 6.54 Å². The zero-order chi connectivity index (χ0) is 14.8. The molecule has 2 rings (SSSR count). The lowest BCUT2D eigenvalue weighted by Crippen LogP contribution is -2.62. The number of nitrogens with one attached hydrogen (secondary N) is 1. The third kappa shape index (κ3) is 3.38. The van der Waals surface area contributed by atoms with E-state index in [0.717, 1.165) is 13.1 Å². The smallest absolute Gasteiger partial charge is 0.237 e. The largest absolute Gasteiger partial charge is 0.333 e. The molecular formula is C16H25N3O. The van der Waals surface area contributed by atoms with E-state index in [9.17, 15) is 4.79 Å². The van der Waals surface area contributed by atoms with E-state index < -0.39 is 0 Å². The molecule has 0 aromatic heterocycles. The Bertz CT molecular complexity index is 456. The number of likely N-dealkylation sites (N-methyl/N-ethyl adjacent to an activating group) is 1. The highest BCUT2D eigenvalue weighted by atomic mass is 16.2. The van der Waals surface area contributed by atoms with Gasteiger partial charge in [0.25, 0.3) is 0 Å². The summed E-state index contributed by atoms with van der Waals surface area (Å²) in [7, 11) is 3.86. The second-order valence-corrected chi connectivity index (χ2v) is 6.40. The molecule has 4 nitrogen and oxygen atoms in total. The first-order valence-electron chi connectivity index (χ1n) is 7.14. The average molecular weight is 275 g/mol. The molecule has 1 fully saturated rings. The number of carbonyl (C=O) groups excluding carboxylic acids is 1. The van der Waals surface area contributed by atoms with E-state index >= 15 is 0 Å². The minimum atomic E-state index is -0.141. The summed E-state index contributed by atoms with van der Waals surface area (Å²) >= 11 is 0. The van der Waals surface area contributed by atoms with Crippen molar-refractivity contribution in [2.75, 3.05) is 33.7 Å². The van der Waals surface area contributed by atoms with Crippen molar-refractivity contribution in [3.63, 3.8) is 0 Å². The standard InChI is InChI=1S/C16H25N3O/c1-16(2)12-17-14(13-8-6-5-7-9-13)10-19(16)15(20)11-18(3)4/h5-9,14,17H,10-12H2,1-4H3. The minimum Gasteiger partial charge on any atom is -0.333 e. The van der Waals surface area contributed by atoms with E-state index in [4.69, 9.17) is 0 Å². The lowest BCUT2D eigenvalue weighted by atomic mass is 9.94. The third-order valence-electron chi connectivity index (χ3n) is 3.83. The summed E-state index contributed by atoms with van der Waals surface area (Å²) in [6, 6.07) is 10.6. The first-order valence-corrected chi connectivity index (χ1v) is 7.14. The number of rotatable bonds is 3. The quantitative estimate of drug-likeness (QED) is 0.908. The van der Waals surface area contributed by atoms with E-state index in [1.807, 2.05) is 42.1 Å². The zero-order valence-electron chi connectivity index (χ0n) is 12.9. The molecule has 0 saturated carbocycles. The highest BCUT2D eigenvalue weighted by molar-refractivity contribution is 5.79. The van der Waals surface area contributed by atoms with Gasteiger partial charge in [-0.25, -0.2) is 0 Å². The van der Waals surface area contributed by atoms with Gasteiger partial charge in [0, 0.05) is 24.7 Å². The summed E-state index contributed by atoms with van der Waals surface area (Å²) in [6.45, 7) is 6.24. The monoisotopic (exact) mass is 275 g/mol. The fraction of sp³-hybridized carbons (Fsp3) is 0.562. The normalized spacial score (nSPS) is 22.1. The SMILES string of the molecule is CN(C)CC(=O)N1CC(c2ccccc2)NCC1(C)C. The van der Waals surface area contributed by atoms with Gasteiger partial charge in [0.2, 0.25) is 5.91 Å². The van der Waals surface area contributed by atoms with Crippen molar-refractivity contribution < 1.29 is 4.79 Å². The molecule has 1 heterocycles. The Labute approximate surface area is 121 Å². The maximum absolute atomic E-state index is 12.5. The Morgan fingerprint density at radius 2 is 2.00 bits per heavy atom. The van der Waals surface area contributed by atoms with Crippen molar-refractivity contribution >= 4 is 5.91 Å². The molecule has 1 unspecified atom stereocenters. The van der Waals surface area contributed by atoms with Crippen LogP contribution >= 0.6 is 0 Å². The van der Waals surface area contributed by atoms with Crippen LogP contribution < -0.4 is 5.32 Å². The predicted molar refractivity (Wildman–Crippen MR) is 81.5 cm³/mol. The Morgan fingerprint density at radius 3 is 2.60 bits per heavy atom. The Kier molecular flexibility index (Phi) is 4.45. The van der Waals surface area contributed by atoms with Crippen LogP contribution in [0.1, 0.15) is 25.5 Å². The third-order valence-corrected chi connectivity index (χ3v) is 3.83. The maximum Gasteiger partial charge on any atom is 0.237 e. The Hall–Kier alpha value is -1.39. The van der Waals surface area contributed by atoms with Gasteiger partial charge in [-0.3, -0.25) is 4.79 Å². The highest BCUT2D eigenvalue weighted by Crippen LogP contribution is 2.25. The van der Waals surface area contributed by atoms with Crippen LogP contribution in [0.2, 0.25) is 0 Å². The fourth-order valence-electron chi connectivity index (χ4n) is 2.67. The van der Waals surface area contributed by atoms with Gasteiger partial charge in [-0.15, -0.1) is 0 Å². The van der Waals surface area contributed by atoms with E-state index in [-0.39, 0.29) is 17.5 Å². The molecule has 20 heavy (non-hydrogen) atoms. The van der Waals surface area contributed by atoms with Gasteiger partial charge < -0.3 is 15.1 Å². The van der Waals surface area contributed by atoms with Crippen LogP contribution in [0.3, 0.4) is 0 Å². The zero-order valence-corrected chi connectivity index (χ0v) is 12.9.